The summed E-state index contributed by atoms with van der Waals surface area (Å²) < 4.78 is 12.4. The van der Waals surface area contributed by atoms with Crippen molar-refractivity contribution >= 4 is 30.2 Å². The van der Waals surface area contributed by atoms with Crippen LogP contribution in [0.2, 0.25) is 0 Å². The van der Waals surface area contributed by atoms with E-state index in [4.69, 9.17) is 10.2 Å². The van der Waals surface area contributed by atoms with Gasteiger partial charge in [0.1, 0.15) is 0 Å². The van der Waals surface area contributed by atoms with Gasteiger partial charge in [0.15, 0.2) is 0 Å². The minimum Gasteiger partial charge on any atom is -0.481 e. The lowest BCUT2D eigenvalue weighted by Crippen LogP contribution is -2.15. The molecule has 142 valence electrons. The number of carboxylic acid groups (broad SMARTS) is 2. The number of hydrogen-bond acceptors (Lipinski definition) is 3. The standard InChI is InChI=1S/C18H24NO6P/c20-17(21)9-8-13(18(22)23)5-3-4-10-26(24,25)12-15-11-14-6-1-2-7-16(14)19-15/h1-2,6-7,11,13,19H,3-5,8-10,12H2,(H,20,21)(H,22,23)(H,24,25). The molecule has 2 unspecified atom stereocenters. The van der Waals surface area contributed by atoms with Crippen LogP contribution in [0.15, 0.2) is 30.3 Å². The number of fused-ring (bicyclic) bond motifs is 1. The Kier molecular flexibility index (Phi) is 7.00. The first-order valence-corrected chi connectivity index (χ1v) is 10.6. The van der Waals surface area contributed by atoms with Gasteiger partial charge in [-0.25, -0.2) is 0 Å². The van der Waals surface area contributed by atoms with Gasteiger partial charge in [-0.05, 0) is 36.8 Å². The Morgan fingerprint density at radius 3 is 2.50 bits per heavy atom. The van der Waals surface area contributed by atoms with Gasteiger partial charge in [-0.15, -0.1) is 0 Å². The molecule has 1 aromatic carbocycles. The molecule has 2 aromatic rings. The fraction of sp³-hybridized carbons (Fsp3) is 0.444. The predicted molar refractivity (Wildman–Crippen MR) is 98.5 cm³/mol. The van der Waals surface area contributed by atoms with Crippen molar-refractivity contribution < 1.29 is 29.3 Å². The lowest BCUT2D eigenvalue weighted by atomic mass is 9.97. The third-order valence-electron chi connectivity index (χ3n) is 4.37. The van der Waals surface area contributed by atoms with E-state index in [0.717, 1.165) is 10.9 Å². The van der Waals surface area contributed by atoms with Crippen LogP contribution >= 0.6 is 7.37 Å². The van der Waals surface area contributed by atoms with Crippen LogP contribution in [0.25, 0.3) is 10.9 Å². The number of aliphatic carboxylic acids is 2. The van der Waals surface area contributed by atoms with Crippen molar-refractivity contribution in [2.75, 3.05) is 6.16 Å². The van der Waals surface area contributed by atoms with Crippen LogP contribution in [0.5, 0.6) is 0 Å². The Balaban J connectivity index is 1.80. The van der Waals surface area contributed by atoms with Crippen molar-refractivity contribution in [1.29, 1.82) is 0 Å². The number of benzene rings is 1. The number of carbonyl (C=O) groups is 2. The fourth-order valence-electron chi connectivity index (χ4n) is 3.00. The second kappa shape index (κ2) is 9.01. The second-order valence-electron chi connectivity index (χ2n) is 6.57. The van der Waals surface area contributed by atoms with Crippen molar-refractivity contribution in [3.63, 3.8) is 0 Å². The van der Waals surface area contributed by atoms with E-state index in [2.05, 4.69) is 4.98 Å². The SMILES string of the molecule is O=C(O)CCC(CCCCP(=O)(O)Cc1cc2ccccc2[nH]1)C(=O)O. The molecule has 4 N–H and O–H groups in total. The Morgan fingerprint density at radius 1 is 1.12 bits per heavy atom. The van der Waals surface area contributed by atoms with E-state index < -0.39 is 25.2 Å². The summed E-state index contributed by atoms with van der Waals surface area (Å²) >= 11 is 0. The van der Waals surface area contributed by atoms with Gasteiger partial charge in [0.2, 0.25) is 7.37 Å². The van der Waals surface area contributed by atoms with Crippen LogP contribution in [-0.4, -0.2) is 38.2 Å². The molecule has 8 heteroatoms. The number of unbranched alkanes of at least 4 members (excludes halogenated alkanes) is 1. The predicted octanol–water partition coefficient (Wildman–Crippen LogP) is 3.67. The van der Waals surface area contributed by atoms with E-state index in [1.807, 2.05) is 30.3 Å². The van der Waals surface area contributed by atoms with Crippen molar-refractivity contribution in [2.24, 2.45) is 5.92 Å². The zero-order valence-electron chi connectivity index (χ0n) is 14.4. The van der Waals surface area contributed by atoms with Gasteiger partial charge in [-0.1, -0.05) is 24.6 Å². The number of aromatic nitrogens is 1. The maximum Gasteiger partial charge on any atom is 0.306 e. The molecule has 1 aromatic heterocycles. The van der Waals surface area contributed by atoms with E-state index in [9.17, 15) is 19.0 Å². The number of H-pyrrole nitrogens is 1. The smallest absolute Gasteiger partial charge is 0.306 e. The average Bonchev–Trinajstić information content (AvgIpc) is 2.94. The van der Waals surface area contributed by atoms with E-state index in [0.29, 0.717) is 25.0 Å². The molecule has 0 amide bonds. The minimum atomic E-state index is -3.36. The lowest BCUT2D eigenvalue weighted by molar-refractivity contribution is -0.143. The largest absolute Gasteiger partial charge is 0.481 e. The van der Waals surface area contributed by atoms with Crippen LogP contribution in [0, 0.1) is 5.92 Å². The Morgan fingerprint density at radius 2 is 1.85 bits per heavy atom. The highest BCUT2D eigenvalue weighted by Gasteiger charge is 2.22. The van der Waals surface area contributed by atoms with E-state index >= 15 is 0 Å². The number of hydrogen-bond donors (Lipinski definition) is 4. The number of carboxylic acids is 2. The number of aromatic amines is 1. The molecule has 0 aliphatic carbocycles. The molecule has 0 spiro atoms. The van der Waals surface area contributed by atoms with Crippen molar-refractivity contribution in [2.45, 2.75) is 38.3 Å². The first-order chi connectivity index (χ1) is 12.3. The molecular formula is C18H24NO6P. The van der Waals surface area contributed by atoms with Gasteiger partial charge in [-0.2, -0.15) is 0 Å². The molecule has 0 saturated carbocycles. The van der Waals surface area contributed by atoms with Gasteiger partial charge in [0.05, 0.1) is 12.1 Å². The highest BCUT2D eigenvalue weighted by molar-refractivity contribution is 7.57. The fourth-order valence-corrected chi connectivity index (χ4v) is 4.58. The van der Waals surface area contributed by atoms with Crippen LogP contribution in [-0.2, 0) is 20.3 Å². The molecule has 0 saturated heterocycles. The van der Waals surface area contributed by atoms with E-state index in [1.165, 1.54) is 0 Å². The molecule has 0 fully saturated rings. The first kappa shape index (κ1) is 20.2. The summed E-state index contributed by atoms with van der Waals surface area (Å²) in [6.07, 6.45) is 1.30. The Bertz CT molecular complexity index is 782. The highest BCUT2D eigenvalue weighted by atomic mass is 31.2. The molecule has 0 aliphatic rings. The maximum absolute atomic E-state index is 12.4. The summed E-state index contributed by atoms with van der Waals surface area (Å²) in [5.41, 5.74) is 1.63. The van der Waals surface area contributed by atoms with Gasteiger partial charge < -0.3 is 20.1 Å². The normalized spacial score (nSPS) is 14.8. The summed E-state index contributed by atoms with van der Waals surface area (Å²) in [5.74, 6) is -2.76. The summed E-state index contributed by atoms with van der Waals surface area (Å²) in [6.45, 7) is 0. The Hall–Kier alpha value is -2.11. The third-order valence-corrected chi connectivity index (χ3v) is 6.22. The molecule has 2 rings (SSSR count). The monoisotopic (exact) mass is 381 g/mol. The molecule has 0 aliphatic heterocycles. The van der Waals surface area contributed by atoms with Crippen LogP contribution in [0.3, 0.4) is 0 Å². The number of rotatable bonds is 11. The van der Waals surface area contributed by atoms with Gasteiger partial charge in [-0.3, -0.25) is 14.2 Å². The minimum absolute atomic E-state index is 0.0586. The van der Waals surface area contributed by atoms with Crippen LogP contribution in [0.1, 0.15) is 37.8 Å². The molecule has 26 heavy (non-hydrogen) atoms. The topological polar surface area (TPSA) is 128 Å². The molecular weight excluding hydrogens is 357 g/mol. The van der Waals surface area contributed by atoms with Gasteiger partial charge in [0, 0.05) is 23.8 Å². The Labute approximate surface area is 151 Å². The molecule has 0 bridgehead atoms. The van der Waals surface area contributed by atoms with Crippen molar-refractivity contribution in [1.82, 2.24) is 4.98 Å². The van der Waals surface area contributed by atoms with E-state index in [-0.39, 0.29) is 25.2 Å². The number of para-hydroxylation sites is 1. The van der Waals surface area contributed by atoms with Gasteiger partial charge in [0.25, 0.3) is 0 Å². The van der Waals surface area contributed by atoms with Gasteiger partial charge >= 0.3 is 11.9 Å². The highest BCUT2D eigenvalue weighted by Crippen LogP contribution is 2.45. The number of nitrogens with one attached hydrogen (secondary N) is 1. The molecule has 0 radical (unpaired) electrons. The zero-order valence-corrected chi connectivity index (χ0v) is 15.3. The molecule has 2 atom stereocenters. The second-order valence-corrected chi connectivity index (χ2v) is 9.03. The summed E-state index contributed by atoms with van der Waals surface area (Å²) in [6, 6.07) is 9.50. The first-order valence-electron chi connectivity index (χ1n) is 8.59. The lowest BCUT2D eigenvalue weighted by Gasteiger charge is -2.13. The molecule has 1 heterocycles. The summed E-state index contributed by atoms with van der Waals surface area (Å²) in [4.78, 5) is 35.0. The third kappa shape index (κ3) is 6.32. The average molecular weight is 381 g/mol. The quantitative estimate of drug-likeness (QED) is 0.347. The van der Waals surface area contributed by atoms with Crippen molar-refractivity contribution in [3.8, 4) is 0 Å². The summed E-state index contributed by atoms with van der Waals surface area (Å²) in [5, 5.41) is 18.7. The zero-order chi connectivity index (χ0) is 19.2. The maximum atomic E-state index is 12.4. The molecule has 7 nitrogen and oxygen atoms in total. The summed E-state index contributed by atoms with van der Waals surface area (Å²) in [7, 11) is -3.36. The van der Waals surface area contributed by atoms with Crippen molar-refractivity contribution in [3.05, 3.63) is 36.0 Å². The van der Waals surface area contributed by atoms with Crippen LogP contribution in [0.4, 0.5) is 0 Å². The van der Waals surface area contributed by atoms with E-state index in [1.54, 1.807) is 0 Å². The van der Waals surface area contributed by atoms with Crippen LogP contribution < -0.4 is 0 Å².